The fourth-order valence-electron chi connectivity index (χ4n) is 0.380. The van der Waals surface area contributed by atoms with E-state index in [1.54, 1.807) is 0 Å². The number of alkyl halides is 5. The molecular weight excluding hydrogens is 186 g/mol. The van der Waals surface area contributed by atoms with E-state index in [1.165, 1.54) is 9.24 Å². The van der Waals surface area contributed by atoms with E-state index in [0.717, 1.165) is 0 Å². The maximum absolute atomic E-state index is 11.7. The minimum Gasteiger partial charge on any atom is -0.246 e. The van der Waals surface area contributed by atoms with Crippen LogP contribution < -0.4 is 0 Å². The summed E-state index contributed by atoms with van der Waals surface area (Å²) in [5, 5.41) is -1.26. The molecule has 0 aromatic rings. The molecule has 0 bridgehead atoms. The largest absolute Gasteiger partial charge is 0.416 e. The second kappa shape index (κ2) is 4.00. The zero-order valence-corrected chi connectivity index (χ0v) is 6.54. The van der Waals surface area contributed by atoms with Gasteiger partial charge in [0, 0.05) is 5.57 Å². The number of hydrogen-bond donors (Lipinski definition) is 0. The first kappa shape index (κ1) is 10.8. The van der Waals surface area contributed by atoms with Crippen LogP contribution in [0.15, 0.2) is 10.9 Å². The molecule has 1 atom stereocenters. The molecule has 0 saturated carbocycles. The third kappa shape index (κ3) is 3.14. The summed E-state index contributed by atoms with van der Waals surface area (Å²) in [6.45, 7) is -2.82. The van der Waals surface area contributed by atoms with Crippen LogP contribution in [0, 0.1) is 0 Å². The summed E-state index contributed by atoms with van der Waals surface area (Å²) in [6.07, 6.45) is -4.65. The highest BCUT2D eigenvalue weighted by molar-refractivity contribution is 7.22. The molecule has 11 heavy (non-hydrogen) atoms. The molecule has 0 aromatic carbocycles. The van der Waals surface area contributed by atoms with E-state index >= 15 is 0 Å². The van der Waals surface area contributed by atoms with Gasteiger partial charge in [0.15, 0.2) is 0 Å². The van der Waals surface area contributed by atoms with Gasteiger partial charge in [-0.15, -0.1) is 9.24 Å². The lowest BCUT2D eigenvalue weighted by molar-refractivity contribution is -0.0849. The highest BCUT2D eigenvalue weighted by Crippen LogP contribution is 2.33. The first-order chi connectivity index (χ1) is 4.93. The first-order valence-corrected chi connectivity index (χ1v) is 3.17. The van der Waals surface area contributed by atoms with Gasteiger partial charge in [-0.3, -0.25) is 0 Å². The predicted molar refractivity (Wildman–Crippen MR) is 34.7 cm³/mol. The van der Waals surface area contributed by atoms with Crippen molar-refractivity contribution in [2.24, 2.45) is 0 Å². The summed E-state index contributed by atoms with van der Waals surface area (Å²) in [5.74, 6) is 0. The third-order valence-corrected chi connectivity index (χ3v) is 1.74. The van der Waals surface area contributed by atoms with Crippen molar-refractivity contribution in [3.63, 3.8) is 0 Å². The number of rotatable bonds is 2. The predicted octanol–water partition coefficient (Wildman–Crippen LogP) is 2.62. The molecule has 6 heteroatoms. The molecule has 0 N–H and O–H groups in total. The van der Waals surface area contributed by atoms with Gasteiger partial charge < -0.3 is 0 Å². The van der Waals surface area contributed by atoms with E-state index in [2.05, 4.69) is 0 Å². The van der Waals surface area contributed by atoms with E-state index in [0.29, 0.717) is 0 Å². The van der Waals surface area contributed by atoms with Crippen LogP contribution in [-0.4, -0.2) is 19.5 Å². The molecule has 0 fully saturated rings. The molecule has 0 radical (unpaired) electrons. The molecule has 0 saturated heterocycles. The highest BCUT2D eigenvalue weighted by Gasteiger charge is 2.32. The molecule has 0 aromatic heterocycles. The third-order valence-electron chi connectivity index (χ3n) is 1.01. The summed E-state index contributed by atoms with van der Waals surface area (Å²) in [7, 11) is 1.28. The Morgan fingerprint density at radius 2 is 1.45 bits per heavy atom. The Kier molecular flexibility index (Phi) is 3.93. The molecule has 0 amide bonds. The quantitative estimate of drug-likeness (QED) is 0.466. The number of allylic oxidation sites excluding steroid dienone is 2. The van der Waals surface area contributed by atoms with Crippen molar-refractivity contribution >= 4 is 9.24 Å². The molecule has 0 aliphatic carbocycles. The number of hydrogen-bond acceptors (Lipinski definition) is 0. The molecule has 0 aliphatic heterocycles. The van der Waals surface area contributed by atoms with Crippen molar-refractivity contribution < 1.29 is 22.0 Å². The lowest BCUT2D eigenvalue weighted by Crippen LogP contribution is -2.11. The normalized spacial score (nSPS) is 11.5. The summed E-state index contributed by atoms with van der Waals surface area (Å²) < 4.78 is 58.2. The Morgan fingerprint density at radius 1 is 1.09 bits per heavy atom. The minimum absolute atomic E-state index is 0.873. The van der Waals surface area contributed by atoms with Gasteiger partial charge in [-0.1, -0.05) is 0 Å². The molecule has 0 spiro atoms. The molecular formula is C5H6F5P. The Morgan fingerprint density at radius 3 is 1.55 bits per heavy atom. The zero-order chi connectivity index (χ0) is 9.07. The van der Waals surface area contributed by atoms with Crippen molar-refractivity contribution in [2.75, 3.05) is 13.3 Å². The molecule has 0 heterocycles. The van der Waals surface area contributed by atoms with Gasteiger partial charge in [-0.2, -0.15) is 13.2 Å². The van der Waals surface area contributed by atoms with Crippen LogP contribution in [-0.2, 0) is 0 Å². The monoisotopic (exact) mass is 192 g/mol. The summed E-state index contributed by atoms with van der Waals surface area (Å²) >= 11 is 0. The van der Waals surface area contributed by atoms with Crippen molar-refractivity contribution in [3.05, 3.63) is 10.9 Å². The second-order valence-corrected chi connectivity index (χ2v) is 2.36. The van der Waals surface area contributed by atoms with E-state index in [9.17, 15) is 22.0 Å². The highest BCUT2D eigenvalue weighted by atomic mass is 31.0. The molecule has 66 valence electrons. The van der Waals surface area contributed by atoms with Gasteiger partial charge in [0.05, 0.1) is 5.31 Å². The fourth-order valence-corrected chi connectivity index (χ4v) is 0.534. The van der Waals surface area contributed by atoms with Crippen molar-refractivity contribution in [1.29, 1.82) is 0 Å². The minimum atomic E-state index is -4.65. The Labute approximate surface area is 62.7 Å². The van der Waals surface area contributed by atoms with Crippen molar-refractivity contribution in [3.8, 4) is 0 Å². The summed E-state index contributed by atoms with van der Waals surface area (Å²) in [4.78, 5) is 0. The smallest absolute Gasteiger partial charge is 0.246 e. The summed E-state index contributed by atoms with van der Waals surface area (Å²) in [6, 6.07) is 0. The average molecular weight is 192 g/mol. The molecule has 1 unspecified atom stereocenters. The van der Waals surface area contributed by atoms with E-state index in [4.69, 9.17) is 0 Å². The molecule has 0 nitrogen and oxygen atoms in total. The Hall–Kier alpha value is -0.180. The fraction of sp³-hybridized carbons (Fsp3) is 0.600. The van der Waals surface area contributed by atoms with Gasteiger partial charge in [0.1, 0.15) is 13.3 Å². The van der Waals surface area contributed by atoms with Crippen LogP contribution in [0.3, 0.4) is 0 Å². The standard InChI is InChI=1S/C5H6F5P/c6-1-3(2-7)4(11)5(8,9)10/h1-2,11H2. The average Bonchev–Trinajstić information content (AvgIpc) is 1.88. The maximum atomic E-state index is 11.7. The van der Waals surface area contributed by atoms with Gasteiger partial charge in [0.2, 0.25) is 0 Å². The van der Waals surface area contributed by atoms with Gasteiger partial charge in [-0.05, 0) is 0 Å². The van der Waals surface area contributed by atoms with Gasteiger partial charge in [0.25, 0.3) is 0 Å². The van der Waals surface area contributed by atoms with Crippen LogP contribution in [0.25, 0.3) is 0 Å². The molecule has 0 aliphatic rings. The Bertz CT molecular complexity index is 153. The molecule has 0 rings (SSSR count). The summed E-state index contributed by atoms with van der Waals surface area (Å²) in [5.41, 5.74) is -0.873. The van der Waals surface area contributed by atoms with Crippen molar-refractivity contribution in [1.82, 2.24) is 0 Å². The van der Waals surface area contributed by atoms with Crippen LogP contribution in [0.5, 0.6) is 0 Å². The topological polar surface area (TPSA) is 0 Å². The lowest BCUT2D eigenvalue weighted by Gasteiger charge is -2.08. The maximum Gasteiger partial charge on any atom is 0.416 e. The second-order valence-electron chi connectivity index (χ2n) is 1.78. The number of halogens is 5. The van der Waals surface area contributed by atoms with E-state index < -0.39 is 30.4 Å². The van der Waals surface area contributed by atoms with Crippen molar-refractivity contribution in [2.45, 2.75) is 6.18 Å². The van der Waals surface area contributed by atoms with Crippen LogP contribution in [0.4, 0.5) is 22.0 Å². The van der Waals surface area contributed by atoms with Crippen LogP contribution in [0.1, 0.15) is 0 Å². The SMILES string of the molecule is FCC(CF)=C(P)C(F)(F)F. The van der Waals surface area contributed by atoms with E-state index in [-0.39, 0.29) is 0 Å². The zero-order valence-electron chi connectivity index (χ0n) is 5.38. The first-order valence-electron chi connectivity index (χ1n) is 2.60. The lowest BCUT2D eigenvalue weighted by atomic mass is 10.3. The van der Waals surface area contributed by atoms with Gasteiger partial charge in [-0.25, -0.2) is 8.78 Å². The van der Waals surface area contributed by atoms with Crippen LogP contribution >= 0.6 is 9.24 Å². The van der Waals surface area contributed by atoms with Gasteiger partial charge >= 0.3 is 6.18 Å². The Balaban J connectivity index is 4.62. The van der Waals surface area contributed by atoms with E-state index in [1.807, 2.05) is 0 Å². The van der Waals surface area contributed by atoms with Crippen LogP contribution in [0.2, 0.25) is 0 Å².